The van der Waals surface area contributed by atoms with E-state index in [1.165, 1.54) is 0 Å². The second kappa shape index (κ2) is 8.89. The van der Waals surface area contributed by atoms with Crippen LogP contribution in [0.3, 0.4) is 0 Å². The van der Waals surface area contributed by atoms with Crippen LogP contribution in [0, 0.1) is 0 Å². The van der Waals surface area contributed by atoms with E-state index in [9.17, 15) is 0 Å². The van der Waals surface area contributed by atoms with Crippen LogP contribution in [-0.4, -0.2) is 27.1 Å². The van der Waals surface area contributed by atoms with Crippen molar-refractivity contribution in [3.8, 4) is 0 Å². The van der Waals surface area contributed by atoms with Crippen LogP contribution < -0.4 is 0 Å². The molecule has 0 N–H and O–H groups in total. The fourth-order valence-electron chi connectivity index (χ4n) is 1.21. The van der Waals surface area contributed by atoms with Crippen LogP contribution in [0.1, 0.15) is 33.1 Å². The average molecular weight is 283 g/mol. The fourth-order valence-corrected chi connectivity index (χ4v) is 4.47. The third-order valence-corrected chi connectivity index (χ3v) is 5.44. The zero-order valence-corrected chi connectivity index (χ0v) is 12.2. The van der Waals surface area contributed by atoms with Crippen LogP contribution >= 0.6 is 15.9 Å². The van der Waals surface area contributed by atoms with Gasteiger partial charge in [0, 0.05) is 18.5 Å². The van der Waals surface area contributed by atoms with Gasteiger partial charge in [-0.3, -0.25) is 0 Å². The highest BCUT2D eigenvalue weighted by atomic mass is 79.9. The Morgan fingerprint density at radius 2 is 1.57 bits per heavy atom. The van der Waals surface area contributed by atoms with Crippen molar-refractivity contribution in [1.29, 1.82) is 0 Å². The molecule has 0 aromatic rings. The monoisotopic (exact) mass is 282 g/mol. The molecule has 0 aliphatic carbocycles. The summed E-state index contributed by atoms with van der Waals surface area (Å²) >= 11 is 3.45. The summed E-state index contributed by atoms with van der Waals surface area (Å²) < 4.78 is 11.8. The number of alkyl halides is 1. The Morgan fingerprint density at radius 1 is 1.07 bits per heavy atom. The van der Waals surface area contributed by atoms with E-state index in [0.29, 0.717) is 0 Å². The van der Waals surface area contributed by atoms with Crippen LogP contribution in [0.4, 0.5) is 0 Å². The molecule has 0 fully saturated rings. The van der Waals surface area contributed by atoms with E-state index in [4.69, 9.17) is 8.85 Å². The van der Waals surface area contributed by atoms with Gasteiger partial charge >= 0.3 is 8.56 Å². The molecule has 0 atom stereocenters. The smallest absolute Gasteiger partial charge is 0.334 e. The molecule has 0 unspecified atom stereocenters. The fraction of sp³-hybridized carbons (Fsp3) is 1.00. The molecular weight excluding hydrogens is 260 g/mol. The lowest BCUT2D eigenvalue weighted by Crippen LogP contribution is -2.39. The Bertz CT molecular complexity index is 112. The van der Waals surface area contributed by atoms with Crippen LogP contribution in [-0.2, 0) is 8.85 Å². The Balaban J connectivity index is 3.89. The normalized spacial score (nSPS) is 12.0. The largest absolute Gasteiger partial charge is 0.394 e. The number of hydrogen-bond acceptors (Lipinski definition) is 2. The van der Waals surface area contributed by atoms with Gasteiger partial charge in [-0.1, -0.05) is 29.8 Å². The van der Waals surface area contributed by atoms with Crippen molar-refractivity contribution in [2.45, 2.75) is 45.7 Å². The van der Waals surface area contributed by atoms with Crippen LogP contribution in [0.25, 0.3) is 0 Å². The predicted molar refractivity (Wildman–Crippen MR) is 67.3 cm³/mol. The SMILES string of the molecule is CCCO[Si](C)(CCCBr)OCCC. The second-order valence-electron chi connectivity index (χ2n) is 3.62. The Hall–Kier alpha value is 0.617. The zero-order chi connectivity index (χ0) is 10.9. The van der Waals surface area contributed by atoms with Gasteiger partial charge < -0.3 is 8.85 Å². The first-order valence-corrected chi connectivity index (χ1v) is 9.17. The molecule has 0 spiro atoms. The van der Waals surface area contributed by atoms with Crippen LogP contribution in [0.15, 0.2) is 0 Å². The summed E-state index contributed by atoms with van der Waals surface area (Å²) in [4.78, 5) is 0. The first-order valence-electron chi connectivity index (χ1n) is 5.52. The van der Waals surface area contributed by atoms with E-state index in [-0.39, 0.29) is 0 Å². The molecule has 0 bridgehead atoms. The summed E-state index contributed by atoms with van der Waals surface area (Å²) in [7, 11) is -1.84. The maximum absolute atomic E-state index is 5.88. The molecule has 0 heterocycles. The summed E-state index contributed by atoms with van der Waals surface area (Å²) in [6.07, 6.45) is 3.30. The van der Waals surface area contributed by atoms with Crippen molar-refractivity contribution in [2.24, 2.45) is 0 Å². The van der Waals surface area contributed by atoms with Gasteiger partial charge in [-0.15, -0.1) is 0 Å². The van der Waals surface area contributed by atoms with E-state index >= 15 is 0 Å². The van der Waals surface area contributed by atoms with E-state index in [2.05, 4.69) is 36.3 Å². The molecule has 0 aliphatic heterocycles. The summed E-state index contributed by atoms with van der Waals surface area (Å²) in [6.45, 7) is 8.14. The molecule has 0 saturated carbocycles. The Labute approximate surface area is 97.7 Å². The lowest BCUT2D eigenvalue weighted by atomic mass is 10.5. The Kier molecular flexibility index (Phi) is 9.28. The first-order chi connectivity index (χ1) is 6.68. The maximum atomic E-state index is 5.88. The number of hydrogen-bond donors (Lipinski definition) is 0. The molecule has 4 heteroatoms. The van der Waals surface area contributed by atoms with Crippen molar-refractivity contribution in [3.05, 3.63) is 0 Å². The Morgan fingerprint density at radius 3 is 1.93 bits per heavy atom. The maximum Gasteiger partial charge on any atom is 0.334 e. The van der Waals surface area contributed by atoms with Crippen molar-refractivity contribution in [3.63, 3.8) is 0 Å². The van der Waals surface area contributed by atoms with E-state index in [0.717, 1.165) is 43.9 Å². The minimum absolute atomic E-state index is 0.842. The average Bonchev–Trinajstić information content (AvgIpc) is 2.21. The highest BCUT2D eigenvalue weighted by Crippen LogP contribution is 2.17. The molecule has 0 aromatic carbocycles. The van der Waals surface area contributed by atoms with Crippen LogP contribution in [0.2, 0.25) is 12.6 Å². The molecule has 14 heavy (non-hydrogen) atoms. The van der Waals surface area contributed by atoms with Gasteiger partial charge in [-0.25, -0.2) is 0 Å². The minimum atomic E-state index is -1.84. The van der Waals surface area contributed by atoms with Crippen LogP contribution in [0.5, 0.6) is 0 Å². The van der Waals surface area contributed by atoms with E-state index < -0.39 is 8.56 Å². The lowest BCUT2D eigenvalue weighted by molar-refractivity contribution is 0.173. The van der Waals surface area contributed by atoms with Gasteiger partial charge in [0.05, 0.1) is 0 Å². The molecule has 0 saturated heterocycles. The highest BCUT2D eigenvalue weighted by Gasteiger charge is 2.30. The highest BCUT2D eigenvalue weighted by molar-refractivity contribution is 9.09. The molecular formula is C10H23BrO2Si. The van der Waals surface area contributed by atoms with Gasteiger partial charge in [-0.2, -0.15) is 0 Å². The number of halogens is 1. The molecule has 0 amide bonds. The third-order valence-electron chi connectivity index (χ3n) is 1.99. The zero-order valence-electron chi connectivity index (χ0n) is 9.64. The molecule has 0 aliphatic rings. The molecule has 2 nitrogen and oxygen atoms in total. The van der Waals surface area contributed by atoms with E-state index in [1.54, 1.807) is 0 Å². The van der Waals surface area contributed by atoms with Gasteiger partial charge in [0.15, 0.2) is 0 Å². The topological polar surface area (TPSA) is 18.5 Å². The molecule has 86 valence electrons. The molecule has 0 aromatic heterocycles. The second-order valence-corrected chi connectivity index (χ2v) is 7.76. The summed E-state index contributed by atoms with van der Waals surface area (Å²) in [6, 6.07) is 1.10. The van der Waals surface area contributed by atoms with Gasteiger partial charge in [0.25, 0.3) is 0 Å². The van der Waals surface area contributed by atoms with Gasteiger partial charge in [0.1, 0.15) is 0 Å². The van der Waals surface area contributed by atoms with Crippen molar-refractivity contribution in [2.75, 3.05) is 18.5 Å². The van der Waals surface area contributed by atoms with Crippen molar-refractivity contribution < 1.29 is 8.85 Å². The lowest BCUT2D eigenvalue weighted by Gasteiger charge is -2.26. The molecule has 0 radical (unpaired) electrons. The predicted octanol–water partition coefficient (Wildman–Crippen LogP) is 3.70. The van der Waals surface area contributed by atoms with Gasteiger partial charge in [-0.05, 0) is 31.9 Å². The van der Waals surface area contributed by atoms with Crippen molar-refractivity contribution >= 4 is 24.5 Å². The van der Waals surface area contributed by atoms with Gasteiger partial charge in [0.2, 0.25) is 0 Å². The first kappa shape index (κ1) is 14.6. The molecule has 0 rings (SSSR count). The summed E-state index contributed by atoms with van der Waals surface area (Å²) in [5.74, 6) is 0. The summed E-state index contributed by atoms with van der Waals surface area (Å²) in [5.41, 5.74) is 0. The number of rotatable bonds is 9. The quantitative estimate of drug-likeness (QED) is 0.474. The van der Waals surface area contributed by atoms with Crippen molar-refractivity contribution in [1.82, 2.24) is 0 Å². The standard InChI is InChI=1S/C10H23BrO2Si/c1-4-8-12-14(3,10-6-7-11)13-9-5-2/h4-10H2,1-3H3. The summed E-state index contributed by atoms with van der Waals surface area (Å²) in [5, 5.41) is 1.04. The third kappa shape index (κ3) is 6.98. The minimum Gasteiger partial charge on any atom is -0.394 e. The van der Waals surface area contributed by atoms with E-state index in [1.807, 2.05) is 0 Å².